The van der Waals surface area contributed by atoms with Crippen molar-refractivity contribution < 1.29 is 14.3 Å². The minimum Gasteiger partial charge on any atom is -0.497 e. The van der Waals surface area contributed by atoms with Crippen molar-refractivity contribution in [2.45, 2.75) is 13.0 Å². The molecule has 0 aliphatic rings. The largest absolute Gasteiger partial charge is 0.497 e. The summed E-state index contributed by atoms with van der Waals surface area (Å²) in [5.74, 6) is 1.41. The highest BCUT2D eigenvalue weighted by atomic mass is 32.1. The van der Waals surface area contributed by atoms with Crippen LogP contribution in [0.3, 0.4) is 0 Å². The fourth-order valence-corrected chi connectivity index (χ4v) is 4.89. The summed E-state index contributed by atoms with van der Waals surface area (Å²) in [5.41, 5.74) is 3.99. The predicted molar refractivity (Wildman–Crippen MR) is 133 cm³/mol. The van der Waals surface area contributed by atoms with Crippen molar-refractivity contribution in [1.29, 1.82) is 0 Å². The molecule has 1 N–H and O–H groups in total. The second-order valence-corrected chi connectivity index (χ2v) is 8.76. The van der Waals surface area contributed by atoms with E-state index in [0.29, 0.717) is 11.7 Å². The zero-order valence-electron chi connectivity index (χ0n) is 18.4. The van der Waals surface area contributed by atoms with Crippen molar-refractivity contribution in [3.05, 3.63) is 84.1 Å². The van der Waals surface area contributed by atoms with E-state index in [2.05, 4.69) is 33.2 Å². The molecule has 5 rings (SSSR count). The number of fused-ring (bicyclic) bond motifs is 2. The summed E-state index contributed by atoms with van der Waals surface area (Å²) in [4.78, 5) is 17.4. The Morgan fingerprint density at radius 3 is 2.48 bits per heavy atom. The molecule has 0 atom stereocenters. The highest BCUT2D eigenvalue weighted by Crippen LogP contribution is 2.28. The van der Waals surface area contributed by atoms with Crippen LogP contribution in [0.25, 0.3) is 21.1 Å². The quantitative estimate of drug-likeness (QED) is 0.351. The number of carbonyl (C=O) groups is 1. The maximum absolute atomic E-state index is 12.9. The molecule has 3 aromatic carbocycles. The molecular weight excluding hydrogens is 434 g/mol. The molecule has 0 fully saturated rings. The summed E-state index contributed by atoms with van der Waals surface area (Å²) in [7, 11) is 3.29. The number of nitrogens with zero attached hydrogens (tertiary/aromatic N) is 2. The number of methoxy groups -OCH3 is 2. The lowest BCUT2D eigenvalue weighted by Crippen LogP contribution is -2.14. The summed E-state index contributed by atoms with van der Waals surface area (Å²) in [6.07, 6.45) is 2.32. The Bertz CT molecular complexity index is 1400. The number of thiazole rings is 1. The lowest BCUT2D eigenvalue weighted by atomic mass is 10.1. The molecule has 2 aromatic heterocycles. The van der Waals surface area contributed by atoms with E-state index >= 15 is 0 Å². The van der Waals surface area contributed by atoms with Gasteiger partial charge in [0.05, 0.1) is 30.9 Å². The van der Waals surface area contributed by atoms with Crippen LogP contribution in [-0.2, 0) is 17.8 Å². The van der Waals surface area contributed by atoms with Gasteiger partial charge in [-0.1, -0.05) is 41.7 Å². The number of benzene rings is 3. The van der Waals surface area contributed by atoms with Gasteiger partial charge in [-0.25, -0.2) is 4.98 Å². The first-order valence-corrected chi connectivity index (χ1v) is 11.4. The Balaban J connectivity index is 1.41. The Morgan fingerprint density at radius 1 is 1.00 bits per heavy atom. The third-order valence-electron chi connectivity index (χ3n) is 5.53. The van der Waals surface area contributed by atoms with Gasteiger partial charge in [-0.05, 0) is 41.5 Å². The van der Waals surface area contributed by atoms with Crippen molar-refractivity contribution in [3.8, 4) is 11.5 Å². The molecule has 1 amide bonds. The average Bonchev–Trinajstić information content (AvgIpc) is 3.39. The molecule has 33 heavy (non-hydrogen) atoms. The van der Waals surface area contributed by atoms with Gasteiger partial charge in [0.25, 0.3) is 0 Å². The summed E-state index contributed by atoms with van der Waals surface area (Å²) in [6.45, 7) is 0.633. The minimum absolute atomic E-state index is 0.0833. The monoisotopic (exact) mass is 457 g/mol. The topological polar surface area (TPSA) is 65.4 Å². The highest BCUT2D eigenvalue weighted by molar-refractivity contribution is 7.22. The minimum atomic E-state index is -0.0833. The number of rotatable bonds is 7. The molecule has 0 aliphatic carbocycles. The van der Waals surface area contributed by atoms with E-state index in [9.17, 15) is 4.79 Å². The van der Waals surface area contributed by atoms with E-state index in [4.69, 9.17) is 9.47 Å². The average molecular weight is 458 g/mol. The van der Waals surface area contributed by atoms with Gasteiger partial charge in [-0.2, -0.15) is 0 Å². The van der Waals surface area contributed by atoms with Crippen molar-refractivity contribution in [2.75, 3.05) is 19.5 Å². The smallest absolute Gasteiger partial charge is 0.230 e. The normalized spacial score (nSPS) is 11.1. The fourth-order valence-electron chi connectivity index (χ4n) is 4.01. The van der Waals surface area contributed by atoms with E-state index < -0.39 is 0 Å². The van der Waals surface area contributed by atoms with Gasteiger partial charge >= 0.3 is 0 Å². The lowest BCUT2D eigenvalue weighted by Gasteiger charge is -2.10. The number of para-hydroxylation sites is 2. The van der Waals surface area contributed by atoms with Gasteiger partial charge in [0.2, 0.25) is 5.91 Å². The summed E-state index contributed by atoms with van der Waals surface area (Å²) in [5, 5.41) is 4.64. The first-order valence-electron chi connectivity index (χ1n) is 10.6. The fraction of sp³-hybridized carbons (Fsp3) is 0.154. The molecule has 0 unspecified atom stereocenters. The first-order chi connectivity index (χ1) is 16.1. The third kappa shape index (κ3) is 4.40. The molecule has 6 nitrogen and oxygen atoms in total. The number of hydrogen-bond donors (Lipinski definition) is 1. The Hall–Kier alpha value is -3.84. The molecule has 0 saturated heterocycles. The van der Waals surface area contributed by atoms with Crippen LogP contribution in [-0.4, -0.2) is 29.7 Å². The molecule has 2 heterocycles. The number of carbonyl (C=O) groups excluding carboxylic acids is 1. The number of anilines is 1. The molecule has 0 radical (unpaired) electrons. The zero-order valence-corrected chi connectivity index (χ0v) is 19.2. The maximum atomic E-state index is 12.9. The number of ether oxygens (including phenoxy) is 2. The van der Waals surface area contributed by atoms with Crippen LogP contribution in [0.4, 0.5) is 5.13 Å². The Labute approximate surface area is 195 Å². The van der Waals surface area contributed by atoms with Crippen molar-refractivity contribution >= 4 is 43.5 Å². The summed E-state index contributed by atoms with van der Waals surface area (Å²) >= 11 is 1.48. The third-order valence-corrected chi connectivity index (χ3v) is 6.48. The zero-order chi connectivity index (χ0) is 22.8. The first kappa shape index (κ1) is 21.0. The second-order valence-electron chi connectivity index (χ2n) is 7.73. The lowest BCUT2D eigenvalue weighted by molar-refractivity contribution is -0.115. The second kappa shape index (κ2) is 8.96. The van der Waals surface area contributed by atoms with Crippen LogP contribution in [0, 0.1) is 0 Å². The standard InChI is InChI=1S/C26H23N3O3S/c1-31-19-11-17(12-20(14-19)32-2)15-29-16-18(21-7-3-5-9-23(21)29)13-25(30)28-26-27-22-8-4-6-10-24(22)33-26/h3-12,14,16H,13,15H2,1-2H3,(H,27,28,30). The van der Waals surface area contributed by atoms with Gasteiger partial charge in [0.1, 0.15) is 11.5 Å². The number of aromatic nitrogens is 2. The van der Waals surface area contributed by atoms with Crippen molar-refractivity contribution in [3.63, 3.8) is 0 Å². The molecular formula is C26H23N3O3S. The van der Waals surface area contributed by atoms with E-state index in [1.54, 1.807) is 14.2 Å². The molecule has 5 aromatic rings. The molecule has 0 saturated carbocycles. The van der Waals surface area contributed by atoms with Crippen molar-refractivity contribution in [1.82, 2.24) is 9.55 Å². The molecule has 7 heteroatoms. The molecule has 0 aliphatic heterocycles. The van der Waals surface area contributed by atoms with Crippen molar-refractivity contribution in [2.24, 2.45) is 0 Å². The molecule has 166 valence electrons. The summed E-state index contributed by atoms with van der Waals surface area (Å²) < 4.78 is 14.0. The SMILES string of the molecule is COc1cc(Cn2cc(CC(=O)Nc3nc4ccccc4s3)c3ccccc32)cc(OC)c1. The number of hydrogen-bond acceptors (Lipinski definition) is 5. The number of amides is 1. The van der Waals surface area contributed by atoms with E-state index in [-0.39, 0.29) is 12.3 Å². The molecule has 0 bridgehead atoms. The van der Waals surface area contributed by atoms with Crippen LogP contribution >= 0.6 is 11.3 Å². The number of nitrogens with one attached hydrogen (secondary N) is 1. The Morgan fingerprint density at radius 2 is 1.73 bits per heavy atom. The van der Waals surface area contributed by atoms with E-state index in [1.165, 1.54) is 11.3 Å². The molecule has 0 spiro atoms. The van der Waals surface area contributed by atoms with Gasteiger partial charge in [-0.3, -0.25) is 4.79 Å². The van der Waals surface area contributed by atoms with E-state index in [1.807, 2.05) is 54.6 Å². The van der Waals surface area contributed by atoms with Gasteiger partial charge in [-0.15, -0.1) is 0 Å². The van der Waals surface area contributed by atoms with Gasteiger partial charge in [0.15, 0.2) is 5.13 Å². The van der Waals surface area contributed by atoms with E-state index in [0.717, 1.165) is 43.7 Å². The van der Waals surface area contributed by atoms with Crippen LogP contribution in [0.5, 0.6) is 11.5 Å². The van der Waals surface area contributed by atoms with Gasteiger partial charge < -0.3 is 19.4 Å². The highest BCUT2D eigenvalue weighted by Gasteiger charge is 2.14. The van der Waals surface area contributed by atoms with Crippen LogP contribution in [0.15, 0.2) is 72.9 Å². The predicted octanol–water partition coefficient (Wildman–Crippen LogP) is 5.50. The van der Waals surface area contributed by atoms with Crippen LogP contribution < -0.4 is 14.8 Å². The van der Waals surface area contributed by atoms with Crippen LogP contribution in [0.1, 0.15) is 11.1 Å². The maximum Gasteiger partial charge on any atom is 0.230 e. The van der Waals surface area contributed by atoms with Crippen LogP contribution in [0.2, 0.25) is 0 Å². The van der Waals surface area contributed by atoms with Gasteiger partial charge in [0, 0.05) is 29.7 Å². The Kier molecular flexibility index (Phi) is 5.71. The summed E-state index contributed by atoms with van der Waals surface area (Å²) in [6, 6.07) is 21.8.